The zero-order valence-electron chi connectivity index (χ0n) is 30.5. The fourth-order valence-electron chi connectivity index (χ4n) is 4.27. The summed E-state index contributed by atoms with van der Waals surface area (Å²) in [6, 6.07) is 0. The highest BCUT2D eigenvalue weighted by Gasteiger charge is 1.97. The van der Waals surface area contributed by atoms with Crippen LogP contribution in [0.2, 0.25) is 0 Å². The van der Waals surface area contributed by atoms with Crippen LogP contribution in [0.5, 0.6) is 0 Å². The Bertz CT molecular complexity index is 487. The molecule has 0 saturated heterocycles. The molecule has 0 spiro atoms. The van der Waals surface area contributed by atoms with E-state index in [0.29, 0.717) is 132 Å². The minimum Gasteiger partial charge on any atom is -0.379 e. The number of rotatable bonds is 44. The summed E-state index contributed by atoms with van der Waals surface area (Å²) >= 11 is 0. The lowest BCUT2D eigenvalue weighted by Crippen LogP contribution is -2.15. The summed E-state index contributed by atoms with van der Waals surface area (Å²) in [4.78, 5) is 0. The summed E-state index contributed by atoms with van der Waals surface area (Å²) in [6.45, 7) is 17.4. The number of hydrogen-bond donors (Lipinski definition) is 0. The van der Waals surface area contributed by atoms with E-state index < -0.39 is 0 Å². The van der Waals surface area contributed by atoms with Gasteiger partial charge in [-0.1, -0.05) is 78.1 Å². The molecule has 0 heterocycles. The average Bonchev–Trinajstić information content (AvgIpc) is 3.08. The molecule has 11 heteroatoms. The SMILES string of the molecule is CCCCCCCCOCCOCCOCCOCCOCCOCCOCCOCCOCCOCCOCCCCCCCC. The highest BCUT2D eigenvalue weighted by Crippen LogP contribution is 2.05. The fourth-order valence-corrected chi connectivity index (χ4v) is 4.27. The van der Waals surface area contributed by atoms with Crippen LogP contribution >= 0.6 is 0 Å². The van der Waals surface area contributed by atoms with Crippen LogP contribution in [0.25, 0.3) is 0 Å². The predicted molar refractivity (Wildman–Crippen MR) is 186 cm³/mol. The summed E-state index contributed by atoms with van der Waals surface area (Å²) in [5.41, 5.74) is 0. The molecule has 0 fully saturated rings. The van der Waals surface area contributed by atoms with E-state index in [1.807, 2.05) is 0 Å². The Hall–Kier alpha value is -0.440. The Balaban J connectivity index is 3.03. The molecule has 47 heavy (non-hydrogen) atoms. The molecule has 0 rings (SSSR count). The second kappa shape index (κ2) is 45.6. The van der Waals surface area contributed by atoms with Crippen molar-refractivity contribution in [2.75, 3.05) is 145 Å². The van der Waals surface area contributed by atoms with Crippen molar-refractivity contribution >= 4 is 0 Å². The third kappa shape index (κ3) is 45.6. The molecule has 0 atom stereocenters. The van der Waals surface area contributed by atoms with Crippen molar-refractivity contribution in [3.8, 4) is 0 Å². The molecule has 0 aromatic carbocycles. The maximum absolute atomic E-state index is 5.59. The number of unbranched alkanes of at least 4 members (excludes halogenated alkanes) is 10. The van der Waals surface area contributed by atoms with Crippen molar-refractivity contribution in [1.29, 1.82) is 0 Å². The van der Waals surface area contributed by atoms with Gasteiger partial charge in [-0.25, -0.2) is 0 Å². The van der Waals surface area contributed by atoms with Gasteiger partial charge in [0.15, 0.2) is 0 Å². The molecule has 0 amide bonds. The van der Waals surface area contributed by atoms with Gasteiger partial charge in [0.1, 0.15) is 0 Å². The molecule has 0 aliphatic carbocycles. The van der Waals surface area contributed by atoms with Gasteiger partial charge in [-0.05, 0) is 12.8 Å². The van der Waals surface area contributed by atoms with Gasteiger partial charge < -0.3 is 52.1 Å². The predicted octanol–water partition coefficient (Wildman–Crippen LogP) is 5.89. The van der Waals surface area contributed by atoms with Crippen LogP contribution < -0.4 is 0 Å². The van der Waals surface area contributed by atoms with Crippen molar-refractivity contribution in [3.63, 3.8) is 0 Å². The quantitative estimate of drug-likeness (QED) is 0.0720. The minimum absolute atomic E-state index is 0.528. The standard InChI is InChI=1S/C36H74O11/c1-3-5-7-9-11-13-15-37-17-19-39-21-23-41-25-27-43-29-31-45-33-35-47-36-34-46-32-30-44-28-26-42-24-22-40-20-18-38-16-14-12-10-8-6-4-2/h3-36H2,1-2H3. The lowest BCUT2D eigenvalue weighted by atomic mass is 10.1. The summed E-state index contributed by atoms with van der Waals surface area (Å²) < 4.78 is 60.7. The highest BCUT2D eigenvalue weighted by molar-refractivity contribution is 4.45. The van der Waals surface area contributed by atoms with Crippen molar-refractivity contribution in [3.05, 3.63) is 0 Å². The Labute approximate surface area is 288 Å². The third-order valence-corrected chi connectivity index (χ3v) is 7.00. The van der Waals surface area contributed by atoms with E-state index >= 15 is 0 Å². The largest absolute Gasteiger partial charge is 0.379 e. The molecule has 0 aliphatic heterocycles. The molecule has 0 aliphatic rings. The van der Waals surface area contributed by atoms with Gasteiger partial charge in [0.05, 0.1) is 132 Å². The van der Waals surface area contributed by atoms with E-state index in [4.69, 9.17) is 52.1 Å². The van der Waals surface area contributed by atoms with Gasteiger partial charge >= 0.3 is 0 Å². The molecular formula is C36H74O11. The molecule has 11 nitrogen and oxygen atoms in total. The summed E-state index contributed by atoms with van der Waals surface area (Å²) in [5.74, 6) is 0. The Morgan fingerprint density at radius 1 is 0.170 bits per heavy atom. The van der Waals surface area contributed by atoms with Crippen molar-refractivity contribution in [2.45, 2.75) is 90.9 Å². The molecular weight excluding hydrogens is 608 g/mol. The van der Waals surface area contributed by atoms with Crippen LogP contribution in [-0.2, 0) is 52.1 Å². The molecule has 0 radical (unpaired) electrons. The smallest absolute Gasteiger partial charge is 0.0701 e. The zero-order valence-corrected chi connectivity index (χ0v) is 30.5. The topological polar surface area (TPSA) is 102 Å². The van der Waals surface area contributed by atoms with Crippen LogP contribution in [0.4, 0.5) is 0 Å². The second-order valence-corrected chi connectivity index (χ2v) is 11.3. The van der Waals surface area contributed by atoms with Crippen LogP contribution in [0.15, 0.2) is 0 Å². The van der Waals surface area contributed by atoms with Gasteiger partial charge in [0.25, 0.3) is 0 Å². The molecule has 0 aromatic heterocycles. The zero-order chi connectivity index (χ0) is 33.8. The van der Waals surface area contributed by atoms with Gasteiger partial charge in [-0.15, -0.1) is 0 Å². The third-order valence-electron chi connectivity index (χ3n) is 7.00. The molecule has 0 unspecified atom stereocenters. The van der Waals surface area contributed by atoms with Crippen molar-refractivity contribution in [1.82, 2.24) is 0 Å². The molecule has 284 valence electrons. The molecule has 0 saturated carbocycles. The van der Waals surface area contributed by atoms with E-state index in [1.165, 1.54) is 64.2 Å². The van der Waals surface area contributed by atoms with E-state index in [9.17, 15) is 0 Å². The minimum atomic E-state index is 0.528. The molecule has 0 bridgehead atoms. The average molecular weight is 683 g/mol. The Kier molecular flexibility index (Phi) is 45.1. The maximum Gasteiger partial charge on any atom is 0.0701 e. The monoisotopic (exact) mass is 683 g/mol. The first-order valence-corrected chi connectivity index (χ1v) is 18.8. The van der Waals surface area contributed by atoms with Crippen LogP contribution in [0, 0.1) is 0 Å². The molecule has 0 N–H and O–H groups in total. The van der Waals surface area contributed by atoms with Crippen molar-refractivity contribution in [2.24, 2.45) is 0 Å². The fraction of sp³-hybridized carbons (Fsp3) is 1.00. The van der Waals surface area contributed by atoms with Crippen LogP contribution in [-0.4, -0.2) is 145 Å². The Morgan fingerprint density at radius 3 is 0.511 bits per heavy atom. The molecule has 0 aromatic rings. The number of ether oxygens (including phenoxy) is 11. The summed E-state index contributed by atoms with van der Waals surface area (Å²) in [5, 5.41) is 0. The first-order chi connectivity index (χ1) is 23.4. The van der Waals surface area contributed by atoms with E-state index in [1.54, 1.807) is 0 Å². The summed E-state index contributed by atoms with van der Waals surface area (Å²) in [7, 11) is 0. The van der Waals surface area contributed by atoms with Crippen LogP contribution in [0.1, 0.15) is 90.9 Å². The maximum atomic E-state index is 5.59. The normalized spacial score (nSPS) is 11.6. The second-order valence-electron chi connectivity index (χ2n) is 11.3. The van der Waals surface area contributed by atoms with Crippen LogP contribution in [0.3, 0.4) is 0 Å². The first-order valence-electron chi connectivity index (χ1n) is 18.8. The Morgan fingerprint density at radius 2 is 0.319 bits per heavy atom. The number of hydrogen-bond acceptors (Lipinski definition) is 11. The highest BCUT2D eigenvalue weighted by atomic mass is 16.6. The van der Waals surface area contributed by atoms with E-state index in [0.717, 1.165) is 26.1 Å². The van der Waals surface area contributed by atoms with Gasteiger partial charge in [-0.2, -0.15) is 0 Å². The van der Waals surface area contributed by atoms with E-state index in [2.05, 4.69) is 13.8 Å². The lowest BCUT2D eigenvalue weighted by molar-refractivity contribution is -0.0275. The lowest BCUT2D eigenvalue weighted by Gasteiger charge is -2.09. The first kappa shape index (κ1) is 46.6. The summed E-state index contributed by atoms with van der Waals surface area (Å²) in [6.07, 6.45) is 15.4. The van der Waals surface area contributed by atoms with E-state index in [-0.39, 0.29) is 0 Å². The van der Waals surface area contributed by atoms with Gasteiger partial charge in [-0.3, -0.25) is 0 Å². The van der Waals surface area contributed by atoms with Gasteiger partial charge in [0, 0.05) is 13.2 Å². The van der Waals surface area contributed by atoms with Gasteiger partial charge in [0.2, 0.25) is 0 Å². The van der Waals surface area contributed by atoms with Crippen molar-refractivity contribution < 1.29 is 52.1 Å².